The maximum absolute atomic E-state index is 14.0. The molecule has 0 saturated heterocycles. The van der Waals surface area contributed by atoms with Gasteiger partial charge in [0.25, 0.3) is 0 Å². The van der Waals surface area contributed by atoms with Crippen LogP contribution in [0, 0.1) is 21.7 Å². The zero-order valence-corrected chi connectivity index (χ0v) is 30.6. The number of Topliss-reactive ketones (excluding diaryl/α,β-unsaturated/α-hetero) is 2. The predicted molar refractivity (Wildman–Crippen MR) is 190 cm³/mol. The summed E-state index contributed by atoms with van der Waals surface area (Å²) >= 11 is 0. The molecule has 3 rings (SSSR count). The van der Waals surface area contributed by atoms with Crippen LogP contribution >= 0.6 is 0 Å². The molecule has 2 nitrogen and oxygen atoms in total. The van der Waals surface area contributed by atoms with E-state index < -0.39 is 0 Å². The zero-order valence-electron chi connectivity index (χ0n) is 30.6. The number of rotatable bonds is 14. The number of hydrogen-bond acceptors (Lipinski definition) is 2. The van der Waals surface area contributed by atoms with Crippen LogP contribution in [0.1, 0.15) is 160 Å². The first-order valence-electron chi connectivity index (χ1n) is 17.8. The minimum Gasteiger partial charge on any atom is -0.289 e. The minimum atomic E-state index is 0.0331. The molecule has 3 aliphatic rings. The summed E-state index contributed by atoms with van der Waals surface area (Å²) in [6.07, 6.45) is 20.5. The molecule has 0 fully saturated rings. The Morgan fingerprint density at radius 3 is 1.23 bits per heavy atom. The Morgan fingerprint density at radius 1 is 0.591 bits per heavy atom. The number of ketones is 2. The highest BCUT2D eigenvalue weighted by atomic mass is 16.1. The van der Waals surface area contributed by atoms with E-state index in [1.54, 1.807) is 0 Å². The lowest BCUT2D eigenvalue weighted by atomic mass is 9.65. The van der Waals surface area contributed by atoms with Gasteiger partial charge in [-0.15, -0.1) is 0 Å². The van der Waals surface area contributed by atoms with Crippen molar-refractivity contribution in [2.45, 2.75) is 160 Å². The highest BCUT2D eigenvalue weighted by molar-refractivity contribution is 6.26. The molecule has 2 heteroatoms. The Morgan fingerprint density at radius 2 is 0.932 bits per heavy atom. The van der Waals surface area contributed by atoms with Gasteiger partial charge in [-0.25, -0.2) is 0 Å². The second-order valence-corrected chi connectivity index (χ2v) is 15.9. The lowest BCUT2D eigenvalue weighted by Gasteiger charge is -2.38. The molecule has 0 saturated carbocycles. The summed E-state index contributed by atoms with van der Waals surface area (Å²) in [4.78, 5) is 28.0. The topological polar surface area (TPSA) is 34.1 Å². The van der Waals surface area contributed by atoms with Gasteiger partial charge < -0.3 is 0 Å². The van der Waals surface area contributed by atoms with Gasteiger partial charge in [0.1, 0.15) is 0 Å². The van der Waals surface area contributed by atoms with Gasteiger partial charge in [0, 0.05) is 22.3 Å². The van der Waals surface area contributed by atoms with Crippen LogP contribution in [-0.2, 0) is 9.59 Å². The van der Waals surface area contributed by atoms with Gasteiger partial charge in [-0.2, -0.15) is 0 Å². The molecule has 0 amide bonds. The molecule has 2 atom stereocenters. The maximum Gasteiger partial charge on any atom is 0.186 e. The lowest BCUT2D eigenvalue weighted by molar-refractivity contribution is -0.117. The standard InChI is InChI=1S/C42H64O2/c1-13-39(7,8)29(5)19-17-25-41(11,15-3)31-21-23-33-35(27-31)37(43)34-24-22-32(28-36(34)38(33)44)42(12,16-4)26-18-20-30(6)40(9,10)14-2/h19-22H,13-18,23-28H2,1-12H3. The third-order valence-electron chi connectivity index (χ3n) is 13.0. The Bertz CT molecular complexity index is 1210. The molecule has 0 aromatic heterocycles. The smallest absolute Gasteiger partial charge is 0.186 e. The van der Waals surface area contributed by atoms with E-state index in [0.29, 0.717) is 25.7 Å². The molecule has 244 valence electrons. The molecule has 3 aliphatic carbocycles. The molecule has 0 aromatic rings. The fourth-order valence-corrected chi connectivity index (χ4v) is 7.07. The van der Waals surface area contributed by atoms with Gasteiger partial charge in [0.15, 0.2) is 11.6 Å². The van der Waals surface area contributed by atoms with Crippen molar-refractivity contribution in [1.82, 2.24) is 0 Å². The fourth-order valence-electron chi connectivity index (χ4n) is 7.07. The van der Waals surface area contributed by atoms with Crippen molar-refractivity contribution in [3.05, 3.63) is 68.9 Å². The molecule has 0 aromatic carbocycles. The summed E-state index contributed by atoms with van der Waals surface area (Å²) in [7, 11) is 0. The molecular formula is C42H64O2. The second-order valence-electron chi connectivity index (χ2n) is 15.9. The Labute approximate surface area is 271 Å². The third-order valence-corrected chi connectivity index (χ3v) is 13.0. The van der Waals surface area contributed by atoms with Crippen LogP contribution in [0.2, 0.25) is 0 Å². The molecule has 0 radical (unpaired) electrons. The van der Waals surface area contributed by atoms with Gasteiger partial charge in [-0.1, -0.05) is 116 Å². The maximum atomic E-state index is 14.0. The second kappa shape index (κ2) is 14.0. The van der Waals surface area contributed by atoms with Crippen LogP contribution in [-0.4, -0.2) is 11.6 Å². The molecule has 0 N–H and O–H groups in total. The Balaban J connectivity index is 1.74. The van der Waals surface area contributed by atoms with E-state index in [0.717, 1.165) is 73.7 Å². The van der Waals surface area contributed by atoms with Crippen LogP contribution in [0.15, 0.2) is 68.9 Å². The zero-order chi connectivity index (χ0) is 33.1. The summed E-state index contributed by atoms with van der Waals surface area (Å²) in [5, 5.41) is 0. The minimum absolute atomic E-state index is 0.0331. The normalized spacial score (nSPS) is 21.5. The van der Waals surface area contributed by atoms with Gasteiger partial charge >= 0.3 is 0 Å². The summed E-state index contributed by atoms with van der Waals surface area (Å²) in [5.41, 5.74) is 9.29. The first-order valence-corrected chi connectivity index (χ1v) is 17.8. The number of hydrogen-bond donors (Lipinski definition) is 0. The average Bonchev–Trinajstić information content (AvgIpc) is 3.02. The largest absolute Gasteiger partial charge is 0.289 e. The first-order chi connectivity index (χ1) is 20.5. The third kappa shape index (κ3) is 7.42. The van der Waals surface area contributed by atoms with E-state index >= 15 is 0 Å². The summed E-state index contributed by atoms with van der Waals surface area (Å²) in [6.45, 7) is 27.6. The lowest BCUT2D eigenvalue weighted by Crippen LogP contribution is -2.31. The number of carbonyl (C=O) groups is 2. The van der Waals surface area contributed by atoms with Crippen LogP contribution in [0.5, 0.6) is 0 Å². The van der Waals surface area contributed by atoms with E-state index in [4.69, 9.17) is 0 Å². The van der Waals surface area contributed by atoms with Gasteiger partial charge in [-0.3, -0.25) is 9.59 Å². The average molecular weight is 601 g/mol. The molecule has 44 heavy (non-hydrogen) atoms. The molecule has 0 aliphatic heterocycles. The van der Waals surface area contributed by atoms with Crippen molar-refractivity contribution in [2.75, 3.05) is 0 Å². The summed E-state index contributed by atoms with van der Waals surface area (Å²) in [6, 6.07) is 0. The van der Waals surface area contributed by atoms with E-state index in [2.05, 4.69) is 107 Å². The Kier molecular flexibility index (Phi) is 11.6. The SMILES string of the molecule is CCC(C)(C)C(C)=CCCC(C)(CC)C1=CCC2=C(C1)C(=O)C1=C(CC(C(C)(CC)CCC=C(C)C(C)(C)CC)=CC1)C2=O. The molecule has 0 heterocycles. The van der Waals surface area contributed by atoms with Gasteiger partial charge in [0.2, 0.25) is 0 Å². The fraction of sp³-hybridized carbons (Fsp3) is 0.667. The van der Waals surface area contributed by atoms with Crippen LogP contribution in [0.25, 0.3) is 0 Å². The first kappa shape index (κ1) is 36.3. The van der Waals surface area contributed by atoms with Crippen molar-refractivity contribution in [3.63, 3.8) is 0 Å². The van der Waals surface area contributed by atoms with Crippen LogP contribution in [0.3, 0.4) is 0 Å². The number of allylic oxidation sites excluding steroid dienone is 12. The van der Waals surface area contributed by atoms with Crippen molar-refractivity contribution in [2.24, 2.45) is 21.7 Å². The Hall–Kier alpha value is -2.22. The predicted octanol–water partition coefficient (Wildman–Crippen LogP) is 12.3. The summed E-state index contributed by atoms with van der Waals surface area (Å²) < 4.78 is 0. The number of carbonyl (C=O) groups excluding carboxylic acids is 2. The van der Waals surface area contributed by atoms with Crippen LogP contribution in [0.4, 0.5) is 0 Å². The van der Waals surface area contributed by atoms with Gasteiger partial charge in [-0.05, 0) is 113 Å². The van der Waals surface area contributed by atoms with E-state index in [1.165, 1.54) is 22.3 Å². The van der Waals surface area contributed by atoms with E-state index in [1.807, 2.05) is 0 Å². The quantitative estimate of drug-likeness (QED) is 0.147. The van der Waals surface area contributed by atoms with Crippen molar-refractivity contribution < 1.29 is 9.59 Å². The van der Waals surface area contributed by atoms with Crippen molar-refractivity contribution >= 4 is 11.6 Å². The van der Waals surface area contributed by atoms with Crippen molar-refractivity contribution in [1.29, 1.82) is 0 Å². The monoisotopic (exact) mass is 600 g/mol. The highest BCUT2D eigenvalue weighted by Gasteiger charge is 2.41. The highest BCUT2D eigenvalue weighted by Crippen LogP contribution is 2.49. The molecule has 0 spiro atoms. The molecular weight excluding hydrogens is 536 g/mol. The van der Waals surface area contributed by atoms with Crippen LogP contribution < -0.4 is 0 Å². The molecule has 2 unspecified atom stereocenters. The van der Waals surface area contributed by atoms with Gasteiger partial charge in [0.05, 0.1) is 0 Å². The summed E-state index contributed by atoms with van der Waals surface area (Å²) in [5.74, 6) is 0.292. The molecule has 0 bridgehead atoms. The van der Waals surface area contributed by atoms with Crippen molar-refractivity contribution in [3.8, 4) is 0 Å². The van der Waals surface area contributed by atoms with E-state index in [-0.39, 0.29) is 33.2 Å². The van der Waals surface area contributed by atoms with E-state index in [9.17, 15) is 9.59 Å².